The van der Waals surface area contributed by atoms with Gasteiger partial charge < -0.3 is 15.5 Å². The SMILES string of the molecule is O=C(Nc1nccnc1C(=O)NC1CCN(C(=O)c2cccc(F)c2)CC1)c1ccccc1. The molecular weight excluding hydrogens is 425 g/mol. The van der Waals surface area contributed by atoms with E-state index in [2.05, 4.69) is 20.6 Å². The van der Waals surface area contributed by atoms with Gasteiger partial charge >= 0.3 is 0 Å². The summed E-state index contributed by atoms with van der Waals surface area (Å²) in [5.74, 6) is -1.47. The van der Waals surface area contributed by atoms with Crippen molar-refractivity contribution in [3.05, 3.63) is 89.6 Å². The van der Waals surface area contributed by atoms with Crippen molar-refractivity contribution >= 4 is 23.5 Å². The summed E-state index contributed by atoms with van der Waals surface area (Å²) in [5, 5.41) is 5.54. The zero-order valence-electron chi connectivity index (χ0n) is 17.7. The molecule has 1 aliphatic heterocycles. The molecule has 3 amide bonds. The molecule has 0 atom stereocenters. The maximum absolute atomic E-state index is 13.4. The number of benzene rings is 2. The number of halogens is 1. The third-order valence-corrected chi connectivity index (χ3v) is 5.37. The normalized spacial score (nSPS) is 13.9. The number of hydrogen-bond acceptors (Lipinski definition) is 5. The molecule has 0 spiro atoms. The molecule has 0 radical (unpaired) electrons. The summed E-state index contributed by atoms with van der Waals surface area (Å²) in [6, 6.07) is 14.0. The van der Waals surface area contributed by atoms with Crippen LogP contribution in [0, 0.1) is 5.82 Å². The Balaban J connectivity index is 1.36. The van der Waals surface area contributed by atoms with E-state index in [1.165, 1.54) is 30.6 Å². The van der Waals surface area contributed by atoms with Gasteiger partial charge in [0.2, 0.25) is 0 Å². The van der Waals surface area contributed by atoms with Crippen LogP contribution in [-0.4, -0.2) is 51.7 Å². The highest BCUT2D eigenvalue weighted by Gasteiger charge is 2.26. The highest BCUT2D eigenvalue weighted by atomic mass is 19.1. The molecule has 1 fully saturated rings. The van der Waals surface area contributed by atoms with Crippen molar-refractivity contribution in [1.82, 2.24) is 20.2 Å². The number of hydrogen-bond donors (Lipinski definition) is 2. The molecule has 3 aromatic rings. The van der Waals surface area contributed by atoms with Crippen LogP contribution < -0.4 is 10.6 Å². The molecule has 0 unspecified atom stereocenters. The van der Waals surface area contributed by atoms with Gasteiger partial charge in [0, 0.05) is 42.7 Å². The first-order valence-electron chi connectivity index (χ1n) is 10.5. The topological polar surface area (TPSA) is 104 Å². The summed E-state index contributed by atoms with van der Waals surface area (Å²) in [6.07, 6.45) is 3.86. The van der Waals surface area contributed by atoms with Gasteiger partial charge in [-0.25, -0.2) is 14.4 Å². The van der Waals surface area contributed by atoms with Crippen molar-refractivity contribution in [2.45, 2.75) is 18.9 Å². The highest BCUT2D eigenvalue weighted by Crippen LogP contribution is 2.17. The maximum Gasteiger partial charge on any atom is 0.273 e. The minimum Gasteiger partial charge on any atom is -0.348 e. The summed E-state index contributed by atoms with van der Waals surface area (Å²) >= 11 is 0. The Bertz CT molecular complexity index is 1160. The number of rotatable bonds is 5. The number of piperidine rings is 1. The van der Waals surface area contributed by atoms with Gasteiger partial charge in [0.25, 0.3) is 17.7 Å². The second-order valence-corrected chi connectivity index (χ2v) is 7.62. The first-order chi connectivity index (χ1) is 16.0. The molecule has 9 heteroatoms. The van der Waals surface area contributed by atoms with E-state index in [0.717, 1.165) is 0 Å². The predicted octanol–water partition coefficient (Wildman–Crippen LogP) is 2.90. The molecule has 8 nitrogen and oxygen atoms in total. The third-order valence-electron chi connectivity index (χ3n) is 5.37. The van der Waals surface area contributed by atoms with Crippen molar-refractivity contribution in [3.63, 3.8) is 0 Å². The smallest absolute Gasteiger partial charge is 0.273 e. The van der Waals surface area contributed by atoms with E-state index >= 15 is 0 Å². The average molecular weight is 447 g/mol. The Morgan fingerprint density at radius 3 is 2.30 bits per heavy atom. The lowest BCUT2D eigenvalue weighted by Gasteiger charge is -2.32. The largest absolute Gasteiger partial charge is 0.348 e. The van der Waals surface area contributed by atoms with Gasteiger partial charge in [-0.15, -0.1) is 0 Å². The van der Waals surface area contributed by atoms with Gasteiger partial charge in [-0.1, -0.05) is 24.3 Å². The van der Waals surface area contributed by atoms with Gasteiger partial charge in [-0.2, -0.15) is 0 Å². The van der Waals surface area contributed by atoms with Crippen LogP contribution in [0.2, 0.25) is 0 Å². The second kappa shape index (κ2) is 9.99. The average Bonchev–Trinajstić information content (AvgIpc) is 2.85. The van der Waals surface area contributed by atoms with Crippen molar-refractivity contribution < 1.29 is 18.8 Å². The maximum atomic E-state index is 13.4. The third kappa shape index (κ3) is 5.38. The molecule has 2 aromatic carbocycles. The zero-order chi connectivity index (χ0) is 23.2. The summed E-state index contributed by atoms with van der Waals surface area (Å²) < 4.78 is 13.4. The van der Waals surface area contributed by atoms with E-state index in [4.69, 9.17) is 0 Å². The van der Waals surface area contributed by atoms with Crippen LogP contribution in [-0.2, 0) is 0 Å². The lowest BCUT2D eigenvalue weighted by Crippen LogP contribution is -2.46. The van der Waals surface area contributed by atoms with Gasteiger partial charge in [0.15, 0.2) is 11.5 Å². The van der Waals surface area contributed by atoms with Crippen LogP contribution >= 0.6 is 0 Å². The Kier molecular flexibility index (Phi) is 6.68. The lowest BCUT2D eigenvalue weighted by atomic mass is 10.0. The van der Waals surface area contributed by atoms with Crippen molar-refractivity contribution in [1.29, 1.82) is 0 Å². The molecule has 0 saturated carbocycles. The van der Waals surface area contributed by atoms with Crippen LogP contribution in [0.3, 0.4) is 0 Å². The van der Waals surface area contributed by atoms with Crippen LogP contribution in [0.15, 0.2) is 67.0 Å². The fourth-order valence-corrected chi connectivity index (χ4v) is 3.65. The number of nitrogens with one attached hydrogen (secondary N) is 2. The van der Waals surface area contributed by atoms with Gasteiger partial charge in [0.1, 0.15) is 5.82 Å². The molecule has 168 valence electrons. The highest BCUT2D eigenvalue weighted by molar-refractivity contribution is 6.07. The fourth-order valence-electron chi connectivity index (χ4n) is 3.65. The van der Waals surface area contributed by atoms with Crippen LogP contribution in [0.25, 0.3) is 0 Å². The van der Waals surface area contributed by atoms with Crippen molar-refractivity contribution in [3.8, 4) is 0 Å². The molecule has 1 aliphatic rings. The molecule has 1 saturated heterocycles. The number of likely N-dealkylation sites (tertiary alicyclic amines) is 1. The summed E-state index contributed by atoms with van der Waals surface area (Å²) in [6.45, 7) is 0.858. The molecule has 1 aromatic heterocycles. The molecule has 4 rings (SSSR count). The first kappa shape index (κ1) is 22.1. The molecule has 33 heavy (non-hydrogen) atoms. The second-order valence-electron chi connectivity index (χ2n) is 7.62. The van der Waals surface area contributed by atoms with Crippen LogP contribution in [0.1, 0.15) is 44.0 Å². The van der Waals surface area contributed by atoms with Gasteiger partial charge in [0.05, 0.1) is 0 Å². The Hall–Kier alpha value is -4.14. The number of nitrogens with zero attached hydrogens (tertiary/aromatic N) is 3. The quantitative estimate of drug-likeness (QED) is 0.626. The van der Waals surface area contributed by atoms with Crippen molar-refractivity contribution in [2.75, 3.05) is 18.4 Å². The van der Waals surface area contributed by atoms with E-state index < -0.39 is 17.6 Å². The predicted molar refractivity (Wildman–Crippen MR) is 119 cm³/mol. The molecule has 0 aliphatic carbocycles. The van der Waals surface area contributed by atoms with Gasteiger partial charge in [-0.3, -0.25) is 14.4 Å². The van der Waals surface area contributed by atoms with E-state index in [1.54, 1.807) is 41.3 Å². The molecule has 2 N–H and O–H groups in total. The van der Waals surface area contributed by atoms with Crippen LogP contribution in [0.5, 0.6) is 0 Å². The summed E-state index contributed by atoms with van der Waals surface area (Å²) in [4.78, 5) is 47.7. The Labute approximate surface area is 189 Å². The van der Waals surface area contributed by atoms with E-state index in [9.17, 15) is 18.8 Å². The minimum atomic E-state index is -0.457. The van der Waals surface area contributed by atoms with E-state index in [0.29, 0.717) is 37.1 Å². The zero-order valence-corrected chi connectivity index (χ0v) is 17.7. The lowest BCUT2D eigenvalue weighted by molar-refractivity contribution is 0.0697. The molecule has 2 heterocycles. The van der Waals surface area contributed by atoms with E-state index in [1.807, 2.05) is 0 Å². The van der Waals surface area contributed by atoms with Crippen LogP contribution in [0.4, 0.5) is 10.2 Å². The van der Waals surface area contributed by atoms with Crippen molar-refractivity contribution in [2.24, 2.45) is 0 Å². The number of aromatic nitrogens is 2. The Morgan fingerprint density at radius 1 is 0.879 bits per heavy atom. The van der Waals surface area contributed by atoms with E-state index in [-0.39, 0.29) is 23.5 Å². The first-order valence-corrected chi connectivity index (χ1v) is 10.5. The fraction of sp³-hybridized carbons (Fsp3) is 0.208. The number of anilines is 1. The number of amides is 3. The Morgan fingerprint density at radius 2 is 1.58 bits per heavy atom. The number of carbonyl (C=O) groups is 3. The monoisotopic (exact) mass is 447 g/mol. The molecule has 0 bridgehead atoms. The summed E-state index contributed by atoms with van der Waals surface area (Å²) in [5.41, 5.74) is 0.751. The standard InChI is InChI=1S/C24H22FN5O3/c25-18-8-4-7-17(15-18)24(33)30-13-9-19(10-14-30)28-23(32)20-21(27-12-11-26-20)29-22(31)16-5-2-1-3-6-16/h1-8,11-12,15,19H,9-10,13-14H2,(H,28,32)(H,27,29,31). The summed E-state index contributed by atoms with van der Waals surface area (Å²) in [7, 11) is 0. The number of carbonyl (C=O) groups excluding carboxylic acids is 3. The van der Waals surface area contributed by atoms with Gasteiger partial charge in [-0.05, 0) is 43.2 Å². The molecular formula is C24H22FN5O3. The minimum absolute atomic E-state index is 0.0139.